The average molecular weight is 244 g/mol. The molecular formula is C12H12N4S. The molecule has 3 aromatic rings. The van der Waals surface area contributed by atoms with E-state index < -0.39 is 0 Å². The molecule has 0 atom stereocenters. The molecule has 3 rings (SSSR count). The fourth-order valence-corrected chi connectivity index (χ4v) is 2.80. The summed E-state index contributed by atoms with van der Waals surface area (Å²) in [6.45, 7) is 2.07. The van der Waals surface area contributed by atoms with Crippen molar-refractivity contribution in [2.45, 2.75) is 6.92 Å². The van der Waals surface area contributed by atoms with Crippen molar-refractivity contribution in [2.24, 2.45) is 7.05 Å². The number of hydrogen-bond acceptors (Lipinski definition) is 4. The maximum absolute atomic E-state index is 6.07. The molecule has 86 valence electrons. The minimum Gasteiger partial charge on any atom is -0.397 e. The fraction of sp³-hybridized carbons (Fsp3) is 0.167. The Balaban J connectivity index is 2.28. The predicted molar refractivity (Wildman–Crippen MR) is 71.0 cm³/mol. The molecule has 0 spiro atoms. The second-order valence-electron chi connectivity index (χ2n) is 4.01. The lowest BCUT2D eigenvalue weighted by Gasteiger charge is -2.03. The number of thiophene rings is 1. The standard InChI is InChI=1S/C12H12N4S/c1-7-5-10-12(17-7)8(13)6-9(15-10)11-3-4-14-16(11)2/h3-6H,1-2H3,(H2,13,15). The SMILES string of the molecule is Cc1cc2nc(-c3ccnn3C)cc(N)c2s1. The first-order chi connectivity index (χ1) is 8.15. The number of aromatic nitrogens is 3. The number of pyridine rings is 1. The van der Waals surface area contributed by atoms with Crippen LogP contribution in [-0.2, 0) is 7.05 Å². The summed E-state index contributed by atoms with van der Waals surface area (Å²) < 4.78 is 2.86. The van der Waals surface area contributed by atoms with Crippen LogP contribution in [0, 0.1) is 6.92 Å². The summed E-state index contributed by atoms with van der Waals surface area (Å²) in [6.07, 6.45) is 1.76. The quantitative estimate of drug-likeness (QED) is 0.715. The van der Waals surface area contributed by atoms with Gasteiger partial charge in [-0.25, -0.2) is 4.98 Å². The topological polar surface area (TPSA) is 56.7 Å². The summed E-state index contributed by atoms with van der Waals surface area (Å²) in [5.74, 6) is 0. The van der Waals surface area contributed by atoms with Crippen LogP contribution in [0.2, 0.25) is 0 Å². The van der Waals surface area contributed by atoms with Gasteiger partial charge in [-0.15, -0.1) is 11.3 Å². The van der Waals surface area contributed by atoms with Crippen molar-refractivity contribution in [3.63, 3.8) is 0 Å². The van der Waals surface area contributed by atoms with Crippen LogP contribution in [-0.4, -0.2) is 14.8 Å². The van der Waals surface area contributed by atoms with Crippen molar-refractivity contribution in [1.82, 2.24) is 14.8 Å². The van der Waals surface area contributed by atoms with E-state index in [9.17, 15) is 0 Å². The lowest BCUT2D eigenvalue weighted by atomic mass is 10.2. The van der Waals surface area contributed by atoms with Gasteiger partial charge in [0.15, 0.2) is 0 Å². The molecule has 0 unspecified atom stereocenters. The molecule has 0 fully saturated rings. The van der Waals surface area contributed by atoms with Gasteiger partial charge in [0.2, 0.25) is 0 Å². The van der Waals surface area contributed by atoms with Crippen LogP contribution in [0.25, 0.3) is 21.6 Å². The first-order valence-electron chi connectivity index (χ1n) is 5.30. The molecule has 0 amide bonds. The zero-order chi connectivity index (χ0) is 12.0. The Kier molecular flexibility index (Phi) is 2.16. The fourth-order valence-electron chi connectivity index (χ4n) is 1.92. The van der Waals surface area contributed by atoms with Crippen molar-refractivity contribution < 1.29 is 0 Å². The Labute approximate surface area is 103 Å². The van der Waals surface area contributed by atoms with Gasteiger partial charge in [0.05, 0.1) is 27.3 Å². The molecule has 3 heterocycles. The van der Waals surface area contributed by atoms with Gasteiger partial charge in [0.25, 0.3) is 0 Å². The van der Waals surface area contributed by atoms with E-state index in [2.05, 4.69) is 23.1 Å². The molecule has 0 aliphatic heterocycles. The van der Waals surface area contributed by atoms with Crippen molar-refractivity contribution >= 4 is 27.2 Å². The number of nitrogen functional groups attached to an aromatic ring is 1. The van der Waals surface area contributed by atoms with Gasteiger partial charge in [0.1, 0.15) is 0 Å². The molecule has 0 aromatic carbocycles. The van der Waals surface area contributed by atoms with E-state index in [-0.39, 0.29) is 0 Å². The van der Waals surface area contributed by atoms with Gasteiger partial charge in [-0.05, 0) is 25.1 Å². The van der Waals surface area contributed by atoms with E-state index in [0.717, 1.165) is 27.3 Å². The predicted octanol–water partition coefficient (Wildman–Crippen LogP) is 2.59. The molecular weight excluding hydrogens is 232 g/mol. The Bertz CT molecular complexity index is 696. The first-order valence-corrected chi connectivity index (χ1v) is 6.12. The van der Waals surface area contributed by atoms with Crippen molar-refractivity contribution in [3.05, 3.63) is 29.3 Å². The van der Waals surface area contributed by atoms with Crippen LogP contribution < -0.4 is 5.73 Å². The number of anilines is 1. The summed E-state index contributed by atoms with van der Waals surface area (Å²) in [4.78, 5) is 5.85. The van der Waals surface area contributed by atoms with Gasteiger partial charge in [0, 0.05) is 18.1 Å². The number of rotatable bonds is 1. The highest BCUT2D eigenvalue weighted by Gasteiger charge is 2.10. The summed E-state index contributed by atoms with van der Waals surface area (Å²) in [6, 6.07) is 5.92. The molecule has 0 bridgehead atoms. The highest BCUT2D eigenvalue weighted by atomic mass is 32.1. The molecule has 3 aromatic heterocycles. The van der Waals surface area contributed by atoms with Crippen LogP contribution in [0.3, 0.4) is 0 Å². The van der Waals surface area contributed by atoms with Crippen molar-refractivity contribution in [1.29, 1.82) is 0 Å². The Morgan fingerprint density at radius 3 is 2.88 bits per heavy atom. The Morgan fingerprint density at radius 2 is 2.18 bits per heavy atom. The minimum atomic E-state index is 0.782. The van der Waals surface area contributed by atoms with Gasteiger partial charge in [-0.1, -0.05) is 0 Å². The number of aryl methyl sites for hydroxylation is 2. The first kappa shape index (κ1) is 10.3. The van der Waals surface area contributed by atoms with Crippen LogP contribution in [0.1, 0.15) is 4.88 Å². The molecule has 0 radical (unpaired) electrons. The van der Waals surface area contributed by atoms with Crippen LogP contribution >= 0.6 is 11.3 Å². The second-order valence-corrected chi connectivity index (χ2v) is 5.26. The molecule has 17 heavy (non-hydrogen) atoms. The third kappa shape index (κ3) is 1.59. The third-order valence-electron chi connectivity index (χ3n) is 2.71. The summed E-state index contributed by atoms with van der Waals surface area (Å²) in [5, 5.41) is 4.15. The smallest absolute Gasteiger partial charge is 0.0911 e. The summed E-state index contributed by atoms with van der Waals surface area (Å²) in [5.41, 5.74) is 9.65. The van der Waals surface area contributed by atoms with E-state index in [0.29, 0.717) is 0 Å². The molecule has 2 N–H and O–H groups in total. The summed E-state index contributed by atoms with van der Waals surface area (Å²) in [7, 11) is 1.90. The Hall–Kier alpha value is -1.88. The minimum absolute atomic E-state index is 0.782. The van der Waals surface area contributed by atoms with E-state index in [4.69, 9.17) is 5.73 Å². The number of nitrogens with two attached hydrogens (primary N) is 1. The monoisotopic (exact) mass is 244 g/mol. The van der Waals surface area contributed by atoms with E-state index >= 15 is 0 Å². The number of nitrogens with zero attached hydrogens (tertiary/aromatic N) is 3. The molecule has 0 aliphatic carbocycles. The van der Waals surface area contributed by atoms with E-state index in [1.165, 1.54) is 4.88 Å². The van der Waals surface area contributed by atoms with Gasteiger partial charge in [-0.2, -0.15) is 5.10 Å². The maximum Gasteiger partial charge on any atom is 0.0911 e. The lowest BCUT2D eigenvalue weighted by molar-refractivity contribution is 0.774. The van der Waals surface area contributed by atoms with Crippen molar-refractivity contribution in [2.75, 3.05) is 5.73 Å². The lowest BCUT2D eigenvalue weighted by Crippen LogP contribution is -1.96. The molecule has 0 saturated carbocycles. The van der Waals surface area contributed by atoms with E-state index in [1.807, 2.05) is 19.2 Å². The maximum atomic E-state index is 6.07. The highest BCUT2D eigenvalue weighted by molar-refractivity contribution is 7.19. The average Bonchev–Trinajstić information content (AvgIpc) is 2.83. The normalized spacial score (nSPS) is 11.2. The molecule has 0 saturated heterocycles. The highest BCUT2D eigenvalue weighted by Crippen LogP contribution is 2.31. The van der Waals surface area contributed by atoms with Crippen LogP contribution in [0.4, 0.5) is 5.69 Å². The zero-order valence-electron chi connectivity index (χ0n) is 9.64. The van der Waals surface area contributed by atoms with Crippen LogP contribution in [0.15, 0.2) is 24.4 Å². The Morgan fingerprint density at radius 1 is 1.35 bits per heavy atom. The van der Waals surface area contributed by atoms with Crippen molar-refractivity contribution in [3.8, 4) is 11.4 Å². The number of hydrogen-bond donors (Lipinski definition) is 1. The second kappa shape index (κ2) is 3.56. The zero-order valence-corrected chi connectivity index (χ0v) is 10.5. The molecule has 5 heteroatoms. The van der Waals surface area contributed by atoms with Gasteiger partial charge in [-0.3, -0.25) is 4.68 Å². The van der Waals surface area contributed by atoms with Gasteiger partial charge < -0.3 is 5.73 Å². The third-order valence-corrected chi connectivity index (χ3v) is 3.80. The van der Waals surface area contributed by atoms with Crippen LogP contribution in [0.5, 0.6) is 0 Å². The van der Waals surface area contributed by atoms with E-state index in [1.54, 1.807) is 22.2 Å². The molecule has 0 aliphatic rings. The van der Waals surface area contributed by atoms with Gasteiger partial charge >= 0.3 is 0 Å². The largest absolute Gasteiger partial charge is 0.397 e. The number of fused-ring (bicyclic) bond motifs is 1. The summed E-state index contributed by atoms with van der Waals surface area (Å²) >= 11 is 1.68. The molecule has 4 nitrogen and oxygen atoms in total.